The fraction of sp³-hybridized carbons (Fsp3) is 0.538. The zero-order valence-corrected chi connectivity index (χ0v) is 11.4. The van der Waals surface area contributed by atoms with Crippen LogP contribution in [-0.2, 0) is 6.54 Å². The zero-order valence-electron chi connectivity index (χ0n) is 10.6. The standard InChI is InChI=1S/C13H20N4S/c18-13(17-9-5-1-2-6-10-17)16-15-11-12-7-3-4-8-14-12/h3-4,7-8,15H,1-2,5-6,9-11H2,(H,16,18). The van der Waals surface area contributed by atoms with Gasteiger partial charge in [-0.05, 0) is 37.2 Å². The molecule has 4 nitrogen and oxygen atoms in total. The lowest BCUT2D eigenvalue weighted by molar-refractivity contribution is 0.416. The number of thiocarbonyl (C=S) groups is 1. The molecule has 1 aliphatic rings. The van der Waals surface area contributed by atoms with E-state index in [2.05, 4.69) is 20.7 Å². The summed E-state index contributed by atoms with van der Waals surface area (Å²) < 4.78 is 0. The van der Waals surface area contributed by atoms with Gasteiger partial charge in [0, 0.05) is 19.3 Å². The molecule has 0 saturated carbocycles. The summed E-state index contributed by atoms with van der Waals surface area (Å²) in [5.74, 6) is 0. The first-order chi connectivity index (χ1) is 8.86. The number of rotatable bonds is 3. The first-order valence-corrected chi connectivity index (χ1v) is 6.95. The normalized spacial score (nSPS) is 16.1. The van der Waals surface area contributed by atoms with Crippen LogP contribution in [0.15, 0.2) is 24.4 Å². The fourth-order valence-corrected chi connectivity index (χ4v) is 2.32. The molecule has 1 aromatic rings. The highest BCUT2D eigenvalue weighted by molar-refractivity contribution is 7.80. The van der Waals surface area contributed by atoms with Gasteiger partial charge in [0.2, 0.25) is 0 Å². The van der Waals surface area contributed by atoms with Crippen molar-refractivity contribution in [1.29, 1.82) is 0 Å². The molecule has 98 valence electrons. The van der Waals surface area contributed by atoms with Crippen molar-refractivity contribution in [2.75, 3.05) is 13.1 Å². The molecule has 0 amide bonds. The molecule has 0 atom stereocenters. The van der Waals surface area contributed by atoms with Gasteiger partial charge in [0.05, 0.1) is 12.2 Å². The van der Waals surface area contributed by atoms with Crippen molar-refractivity contribution in [1.82, 2.24) is 20.7 Å². The van der Waals surface area contributed by atoms with Gasteiger partial charge >= 0.3 is 0 Å². The highest BCUT2D eigenvalue weighted by Crippen LogP contribution is 2.09. The third-order valence-corrected chi connectivity index (χ3v) is 3.44. The highest BCUT2D eigenvalue weighted by atomic mass is 32.1. The Labute approximate surface area is 114 Å². The van der Waals surface area contributed by atoms with E-state index in [1.807, 2.05) is 18.2 Å². The van der Waals surface area contributed by atoms with Gasteiger partial charge in [-0.1, -0.05) is 18.9 Å². The maximum absolute atomic E-state index is 5.38. The summed E-state index contributed by atoms with van der Waals surface area (Å²) in [5, 5.41) is 0.799. The number of hydrogen-bond donors (Lipinski definition) is 2. The van der Waals surface area contributed by atoms with E-state index in [0.717, 1.165) is 23.9 Å². The second-order valence-corrected chi connectivity index (χ2v) is 4.89. The molecular formula is C13H20N4S. The van der Waals surface area contributed by atoms with Crippen LogP contribution in [0.1, 0.15) is 31.4 Å². The smallest absolute Gasteiger partial charge is 0.183 e. The van der Waals surface area contributed by atoms with E-state index >= 15 is 0 Å². The fourth-order valence-electron chi connectivity index (χ4n) is 2.07. The minimum atomic E-state index is 0.675. The van der Waals surface area contributed by atoms with E-state index in [-0.39, 0.29) is 0 Å². The number of nitrogens with one attached hydrogen (secondary N) is 2. The van der Waals surface area contributed by atoms with Crippen LogP contribution in [0.25, 0.3) is 0 Å². The Balaban J connectivity index is 1.71. The second kappa shape index (κ2) is 7.28. The zero-order chi connectivity index (χ0) is 12.6. The van der Waals surface area contributed by atoms with E-state index in [0.29, 0.717) is 6.54 Å². The quantitative estimate of drug-likeness (QED) is 0.644. The summed E-state index contributed by atoms with van der Waals surface area (Å²) in [4.78, 5) is 6.49. The molecule has 1 saturated heterocycles. The van der Waals surface area contributed by atoms with Crippen LogP contribution in [-0.4, -0.2) is 28.1 Å². The first kappa shape index (κ1) is 13.2. The van der Waals surface area contributed by atoms with Gasteiger partial charge in [-0.25, -0.2) is 5.43 Å². The molecule has 0 aromatic carbocycles. The largest absolute Gasteiger partial charge is 0.348 e. The molecule has 1 fully saturated rings. The molecule has 18 heavy (non-hydrogen) atoms. The maximum atomic E-state index is 5.38. The van der Waals surface area contributed by atoms with Crippen molar-refractivity contribution in [2.45, 2.75) is 32.2 Å². The molecule has 2 rings (SSSR count). The lowest BCUT2D eigenvalue weighted by atomic mass is 10.2. The Kier molecular flexibility index (Phi) is 5.36. The van der Waals surface area contributed by atoms with Crippen LogP contribution in [0, 0.1) is 0 Å². The highest BCUT2D eigenvalue weighted by Gasteiger charge is 2.11. The molecule has 2 heterocycles. The summed E-state index contributed by atoms with van der Waals surface area (Å²) >= 11 is 5.38. The van der Waals surface area contributed by atoms with Crippen molar-refractivity contribution < 1.29 is 0 Å². The van der Waals surface area contributed by atoms with Gasteiger partial charge in [-0.3, -0.25) is 10.4 Å². The van der Waals surface area contributed by atoms with Crippen molar-refractivity contribution in [2.24, 2.45) is 0 Å². The van der Waals surface area contributed by atoms with Gasteiger partial charge in [-0.15, -0.1) is 0 Å². The van der Waals surface area contributed by atoms with Crippen LogP contribution in [0.5, 0.6) is 0 Å². The Morgan fingerprint density at radius 3 is 2.67 bits per heavy atom. The summed E-state index contributed by atoms with van der Waals surface area (Å²) in [5.41, 5.74) is 7.22. The predicted molar refractivity (Wildman–Crippen MR) is 76.9 cm³/mol. The molecule has 1 aliphatic heterocycles. The number of nitrogens with zero attached hydrogens (tertiary/aromatic N) is 2. The summed E-state index contributed by atoms with van der Waals surface area (Å²) in [6, 6.07) is 5.89. The summed E-state index contributed by atoms with van der Waals surface area (Å²) in [6.07, 6.45) is 6.91. The van der Waals surface area contributed by atoms with Gasteiger partial charge in [0.1, 0.15) is 0 Å². The van der Waals surface area contributed by atoms with Crippen molar-refractivity contribution in [3.05, 3.63) is 30.1 Å². The molecule has 5 heteroatoms. The Morgan fingerprint density at radius 2 is 2.00 bits per heavy atom. The minimum absolute atomic E-state index is 0.675. The van der Waals surface area contributed by atoms with Crippen LogP contribution in [0.4, 0.5) is 0 Å². The average Bonchev–Trinajstić information content (AvgIpc) is 2.69. The van der Waals surface area contributed by atoms with E-state index < -0.39 is 0 Å². The predicted octanol–water partition coefficient (Wildman–Crippen LogP) is 1.84. The van der Waals surface area contributed by atoms with E-state index in [1.54, 1.807) is 6.20 Å². The lowest BCUT2D eigenvalue weighted by Crippen LogP contribution is -2.46. The van der Waals surface area contributed by atoms with E-state index in [4.69, 9.17) is 12.2 Å². The Bertz CT molecular complexity index is 361. The third-order valence-electron chi connectivity index (χ3n) is 3.08. The molecule has 0 unspecified atom stereocenters. The van der Waals surface area contributed by atoms with Crippen molar-refractivity contribution in [3.63, 3.8) is 0 Å². The maximum Gasteiger partial charge on any atom is 0.183 e. The van der Waals surface area contributed by atoms with Gasteiger partial charge < -0.3 is 4.90 Å². The molecule has 0 radical (unpaired) electrons. The summed E-state index contributed by atoms with van der Waals surface area (Å²) in [6.45, 7) is 2.81. The molecular weight excluding hydrogens is 244 g/mol. The summed E-state index contributed by atoms with van der Waals surface area (Å²) in [7, 11) is 0. The van der Waals surface area contributed by atoms with Gasteiger partial charge in [0.25, 0.3) is 0 Å². The Hall–Kier alpha value is -1.20. The Morgan fingerprint density at radius 1 is 1.22 bits per heavy atom. The van der Waals surface area contributed by atoms with Crippen LogP contribution in [0.2, 0.25) is 0 Å². The number of hydrogen-bond acceptors (Lipinski definition) is 3. The molecule has 0 bridgehead atoms. The molecule has 0 spiro atoms. The second-order valence-electron chi connectivity index (χ2n) is 4.51. The monoisotopic (exact) mass is 264 g/mol. The van der Waals surface area contributed by atoms with Crippen molar-refractivity contribution >= 4 is 17.3 Å². The van der Waals surface area contributed by atoms with Crippen LogP contribution < -0.4 is 10.9 Å². The van der Waals surface area contributed by atoms with Crippen LogP contribution >= 0.6 is 12.2 Å². The molecule has 1 aromatic heterocycles. The number of pyridine rings is 1. The first-order valence-electron chi connectivity index (χ1n) is 6.54. The minimum Gasteiger partial charge on any atom is -0.348 e. The topological polar surface area (TPSA) is 40.2 Å². The average molecular weight is 264 g/mol. The third kappa shape index (κ3) is 4.23. The SMILES string of the molecule is S=C(NNCc1ccccn1)N1CCCCCC1. The van der Waals surface area contributed by atoms with E-state index in [9.17, 15) is 0 Å². The van der Waals surface area contributed by atoms with E-state index in [1.165, 1.54) is 25.7 Å². The van der Waals surface area contributed by atoms with Gasteiger partial charge in [0.15, 0.2) is 5.11 Å². The lowest BCUT2D eigenvalue weighted by Gasteiger charge is -2.23. The molecule has 0 aliphatic carbocycles. The van der Waals surface area contributed by atoms with Gasteiger partial charge in [-0.2, -0.15) is 0 Å². The number of aromatic nitrogens is 1. The van der Waals surface area contributed by atoms with Crippen LogP contribution in [0.3, 0.4) is 0 Å². The number of hydrazine groups is 1. The molecule has 2 N–H and O–H groups in total. The van der Waals surface area contributed by atoms with Crippen molar-refractivity contribution in [3.8, 4) is 0 Å². The number of likely N-dealkylation sites (tertiary alicyclic amines) is 1.